The van der Waals surface area contributed by atoms with Crippen LogP contribution in [-0.2, 0) is 9.53 Å². The lowest BCUT2D eigenvalue weighted by Crippen LogP contribution is -2.32. The van der Waals surface area contributed by atoms with Crippen molar-refractivity contribution in [2.45, 2.75) is 16.7 Å². The number of rotatable bonds is 5. The monoisotopic (exact) mass is 405 g/mol. The van der Waals surface area contributed by atoms with E-state index in [1.807, 2.05) is 55.5 Å². The first kappa shape index (κ1) is 19.1. The number of benzene rings is 3. The van der Waals surface area contributed by atoms with Crippen LogP contribution in [0.25, 0.3) is 0 Å². The third-order valence-corrected chi connectivity index (χ3v) is 5.55. The van der Waals surface area contributed by atoms with Gasteiger partial charge in [-0.3, -0.25) is 9.69 Å². The summed E-state index contributed by atoms with van der Waals surface area (Å²) in [5, 5.41) is 0. The number of esters is 1. The Kier molecular flexibility index (Phi) is 5.53. The highest BCUT2D eigenvalue weighted by Crippen LogP contribution is 2.47. The van der Waals surface area contributed by atoms with Gasteiger partial charge in [0.1, 0.15) is 11.3 Å². The number of ether oxygens (including phenoxy) is 2. The first-order chi connectivity index (χ1) is 14.2. The second-order valence-electron chi connectivity index (χ2n) is 6.27. The number of hydrogen-bond donors (Lipinski definition) is 0. The predicted molar refractivity (Wildman–Crippen MR) is 112 cm³/mol. The van der Waals surface area contributed by atoms with Crippen molar-refractivity contribution in [1.29, 1.82) is 0 Å². The molecule has 0 fully saturated rings. The first-order valence-electron chi connectivity index (χ1n) is 9.27. The van der Waals surface area contributed by atoms with E-state index in [4.69, 9.17) is 9.47 Å². The van der Waals surface area contributed by atoms with E-state index in [-0.39, 0.29) is 12.5 Å². The van der Waals surface area contributed by atoms with Crippen molar-refractivity contribution in [1.82, 2.24) is 0 Å². The molecule has 6 heteroatoms. The minimum absolute atomic E-state index is 0.303. The number of amides is 1. The minimum Gasteiger partial charge on any atom is -0.493 e. The molecule has 0 aliphatic carbocycles. The van der Waals surface area contributed by atoms with Crippen LogP contribution in [0.2, 0.25) is 0 Å². The zero-order valence-corrected chi connectivity index (χ0v) is 16.6. The fraction of sp³-hybridized carbons (Fsp3) is 0.130. The molecule has 0 saturated heterocycles. The molecule has 0 saturated carbocycles. The maximum absolute atomic E-state index is 13.1. The molecule has 1 aliphatic rings. The molecular weight excluding hydrogens is 386 g/mol. The molecule has 3 aromatic rings. The number of carbonyl (C=O) groups excluding carboxylic acids is 2. The van der Waals surface area contributed by atoms with E-state index in [1.165, 1.54) is 0 Å². The molecule has 4 rings (SSSR count). The molecule has 0 bridgehead atoms. The van der Waals surface area contributed by atoms with Crippen molar-refractivity contribution in [3.8, 4) is 5.75 Å². The van der Waals surface area contributed by atoms with Gasteiger partial charge in [-0.05, 0) is 43.3 Å². The molecule has 5 nitrogen and oxygen atoms in total. The van der Waals surface area contributed by atoms with Crippen LogP contribution in [0.1, 0.15) is 17.3 Å². The second kappa shape index (κ2) is 8.41. The maximum Gasteiger partial charge on any atom is 0.342 e. The Labute approximate surface area is 173 Å². The van der Waals surface area contributed by atoms with Crippen LogP contribution in [0.15, 0.2) is 82.6 Å². The van der Waals surface area contributed by atoms with Gasteiger partial charge in [0.15, 0.2) is 6.61 Å². The number of hydrogen-bond acceptors (Lipinski definition) is 5. The normalized spacial score (nSPS) is 12.0. The van der Waals surface area contributed by atoms with Gasteiger partial charge >= 0.3 is 5.97 Å². The Morgan fingerprint density at radius 1 is 0.862 bits per heavy atom. The van der Waals surface area contributed by atoms with Crippen LogP contribution in [-0.4, -0.2) is 25.1 Å². The highest BCUT2D eigenvalue weighted by molar-refractivity contribution is 7.99. The SMILES string of the molecule is CCOc1ccccc1C(=O)OCC(=O)N1c2ccccc2Sc2ccccc21. The molecule has 0 spiro atoms. The van der Waals surface area contributed by atoms with Crippen LogP contribution in [0.3, 0.4) is 0 Å². The zero-order valence-electron chi connectivity index (χ0n) is 15.8. The first-order valence-corrected chi connectivity index (χ1v) is 10.1. The number of nitrogens with zero attached hydrogens (tertiary/aromatic N) is 1. The molecule has 146 valence electrons. The number of anilines is 2. The molecule has 0 radical (unpaired) electrons. The molecule has 29 heavy (non-hydrogen) atoms. The lowest BCUT2D eigenvalue weighted by molar-refractivity contribution is -0.121. The number of carbonyl (C=O) groups is 2. The molecule has 0 aromatic heterocycles. The van der Waals surface area contributed by atoms with Crippen LogP contribution in [0.5, 0.6) is 5.75 Å². The summed E-state index contributed by atoms with van der Waals surface area (Å²) in [6, 6.07) is 22.2. The molecule has 3 aromatic carbocycles. The zero-order chi connectivity index (χ0) is 20.2. The van der Waals surface area contributed by atoms with E-state index < -0.39 is 5.97 Å². The second-order valence-corrected chi connectivity index (χ2v) is 7.36. The molecule has 0 N–H and O–H groups in total. The summed E-state index contributed by atoms with van der Waals surface area (Å²) in [7, 11) is 0. The molecule has 1 heterocycles. The van der Waals surface area contributed by atoms with Gasteiger partial charge in [0, 0.05) is 9.79 Å². The molecular formula is C23H19NO4S. The van der Waals surface area contributed by atoms with E-state index in [1.54, 1.807) is 40.9 Å². The predicted octanol–water partition coefficient (Wildman–Crippen LogP) is 5.07. The third kappa shape index (κ3) is 3.84. The third-order valence-electron chi connectivity index (χ3n) is 4.42. The van der Waals surface area contributed by atoms with Gasteiger partial charge < -0.3 is 9.47 Å². The van der Waals surface area contributed by atoms with Crippen LogP contribution in [0.4, 0.5) is 11.4 Å². The molecule has 0 unspecified atom stereocenters. The van der Waals surface area contributed by atoms with E-state index in [9.17, 15) is 9.59 Å². The quantitative estimate of drug-likeness (QED) is 0.555. The fourth-order valence-electron chi connectivity index (χ4n) is 3.16. The summed E-state index contributed by atoms with van der Waals surface area (Å²) in [4.78, 5) is 29.2. The lowest BCUT2D eigenvalue weighted by Gasteiger charge is -2.30. The topological polar surface area (TPSA) is 55.8 Å². The average molecular weight is 405 g/mol. The van der Waals surface area contributed by atoms with Crippen molar-refractivity contribution in [2.24, 2.45) is 0 Å². The highest BCUT2D eigenvalue weighted by Gasteiger charge is 2.28. The van der Waals surface area contributed by atoms with Crippen LogP contribution >= 0.6 is 11.8 Å². The van der Waals surface area contributed by atoms with Gasteiger partial charge in [-0.1, -0.05) is 48.2 Å². The Bertz CT molecular complexity index is 1020. The van der Waals surface area contributed by atoms with E-state index >= 15 is 0 Å². The van der Waals surface area contributed by atoms with Crippen molar-refractivity contribution in [3.05, 3.63) is 78.4 Å². The van der Waals surface area contributed by atoms with E-state index in [0.29, 0.717) is 17.9 Å². The van der Waals surface area contributed by atoms with Crippen LogP contribution < -0.4 is 9.64 Å². The summed E-state index contributed by atoms with van der Waals surface area (Å²) < 4.78 is 10.8. The Hall–Kier alpha value is -3.25. The van der Waals surface area contributed by atoms with Gasteiger partial charge in [-0.2, -0.15) is 0 Å². The Morgan fingerprint density at radius 2 is 1.45 bits per heavy atom. The average Bonchev–Trinajstić information content (AvgIpc) is 2.76. The van der Waals surface area contributed by atoms with Gasteiger partial charge in [0.2, 0.25) is 0 Å². The van der Waals surface area contributed by atoms with Gasteiger partial charge in [-0.25, -0.2) is 4.79 Å². The summed E-state index contributed by atoms with van der Waals surface area (Å²) in [6.07, 6.45) is 0. The van der Waals surface area contributed by atoms with Gasteiger partial charge in [-0.15, -0.1) is 0 Å². The van der Waals surface area contributed by atoms with E-state index in [0.717, 1.165) is 21.2 Å². The highest BCUT2D eigenvalue weighted by atomic mass is 32.2. The summed E-state index contributed by atoms with van der Waals surface area (Å²) in [5.74, 6) is -0.458. The van der Waals surface area contributed by atoms with Crippen molar-refractivity contribution >= 4 is 35.0 Å². The van der Waals surface area contributed by atoms with Crippen molar-refractivity contribution in [2.75, 3.05) is 18.1 Å². The standard InChI is InChI=1S/C23H19NO4S/c1-2-27-19-12-6-3-9-16(19)23(26)28-15-22(25)24-17-10-4-7-13-20(17)29-21-14-8-5-11-18(21)24/h3-14H,2,15H2,1H3. The number of fused-ring (bicyclic) bond motifs is 2. The molecule has 0 atom stereocenters. The summed E-state index contributed by atoms with van der Waals surface area (Å²) in [6.45, 7) is 1.91. The Morgan fingerprint density at radius 3 is 2.10 bits per heavy atom. The molecule has 1 aliphatic heterocycles. The van der Waals surface area contributed by atoms with Crippen molar-refractivity contribution < 1.29 is 19.1 Å². The lowest BCUT2D eigenvalue weighted by atomic mass is 10.2. The minimum atomic E-state index is -0.588. The largest absolute Gasteiger partial charge is 0.493 e. The maximum atomic E-state index is 13.1. The fourth-order valence-corrected chi connectivity index (χ4v) is 4.22. The van der Waals surface area contributed by atoms with Crippen LogP contribution in [0, 0.1) is 0 Å². The van der Waals surface area contributed by atoms with Crippen molar-refractivity contribution in [3.63, 3.8) is 0 Å². The van der Waals surface area contributed by atoms with Gasteiger partial charge in [0.25, 0.3) is 5.91 Å². The van der Waals surface area contributed by atoms with Gasteiger partial charge in [0.05, 0.1) is 18.0 Å². The Balaban J connectivity index is 1.56. The number of para-hydroxylation sites is 3. The smallest absolute Gasteiger partial charge is 0.342 e. The summed E-state index contributed by atoms with van der Waals surface area (Å²) >= 11 is 1.61. The molecule has 1 amide bonds. The summed E-state index contributed by atoms with van der Waals surface area (Å²) in [5.41, 5.74) is 1.87. The van der Waals surface area contributed by atoms with E-state index in [2.05, 4.69) is 0 Å².